The molecular weight excluding hydrogens is 364 g/mol. The minimum Gasteiger partial charge on any atom is -0.394 e. The van der Waals surface area contributed by atoms with Crippen molar-refractivity contribution in [2.45, 2.75) is 24.4 Å². The Hall–Kier alpha value is -3.08. The zero-order valence-corrected chi connectivity index (χ0v) is 15.1. The molecule has 1 aromatic carbocycles. The largest absolute Gasteiger partial charge is 0.394 e. The topological polar surface area (TPSA) is 148 Å². The molecule has 146 valence electrons. The molecule has 3 aromatic rings. The number of nitrogen functional groups attached to an aromatic ring is 1. The lowest BCUT2D eigenvalue weighted by atomic mass is 9.87. The van der Waals surface area contributed by atoms with E-state index in [1.807, 2.05) is 0 Å². The number of nitrogens with two attached hydrogens (primary N) is 1. The number of para-hydroxylation sites is 1. The summed E-state index contributed by atoms with van der Waals surface area (Å²) in [4.78, 5) is 25.6. The Morgan fingerprint density at radius 3 is 2.93 bits per heavy atom. The Bertz CT molecular complexity index is 1040. The number of nitrogens with zero attached hydrogens (tertiary/aromatic N) is 4. The highest BCUT2D eigenvalue weighted by Crippen LogP contribution is 2.42. The molecular formula is C18H20N6O4. The molecule has 1 aliphatic rings. The summed E-state index contributed by atoms with van der Waals surface area (Å²) >= 11 is 0. The van der Waals surface area contributed by atoms with Crippen LogP contribution in [0.15, 0.2) is 36.9 Å². The normalized spacial score (nSPS) is 24.5. The van der Waals surface area contributed by atoms with Gasteiger partial charge in [-0.05, 0) is 12.1 Å². The van der Waals surface area contributed by atoms with E-state index < -0.39 is 23.7 Å². The highest BCUT2D eigenvalue weighted by atomic mass is 16.5. The van der Waals surface area contributed by atoms with Gasteiger partial charge in [-0.3, -0.25) is 9.36 Å². The Balaban J connectivity index is 1.83. The number of ketones is 1. The van der Waals surface area contributed by atoms with E-state index in [0.717, 1.165) is 0 Å². The first-order valence-electron chi connectivity index (χ1n) is 8.73. The van der Waals surface area contributed by atoms with E-state index in [2.05, 4.69) is 20.3 Å². The molecule has 1 aliphatic heterocycles. The number of carbonyl (C=O) groups excluding carboxylic acids is 1. The van der Waals surface area contributed by atoms with Crippen LogP contribution in [0.25, 0.3) is 11.2 Å². The number of rotatable bonds is 5. The number of benzene rings is 1. The number of aliphatic hydroxyl groups is 2. The van der Waals surface area contributed by atoms with Crippen LogP contribution in [0.5, 0.6) is 0 Å². The van der Waals surface area contributed by atoms with Crippen molar-refractivity contribution in [3.05, 3.63) is 42.5 Å². The maximum atomic E-state index is 13.4. The molecule has 1 saturated heterocycles. The van der Waals surface area contributed by atoms with Crippen LogP contribution < -0.4 is 11.1 Å². The molecule has 0 amide bonds. The molecule has 0 radical (unpaired) electrons. The van der Waals surface area contributed by atoms with Gasteiger partial charge in [-0.2, -0.15) is 0 Å². The van der Waals surface area contributed by atoms with Crippen LogP contribution in [-0.2, 0) is 4.74 Å². The Morgan fingerprint density at radius 1 is 1.39 bits per heavy atom. The van der Waals surface area contributed by atoms with Crippen LogP contribution in [-0.4, -0.2) is 60.9 Å². The second-order valence-electron chi connectivity index (χ2n) is 6.63. The van der Waals surface area contributed by atoms with E-state index in [1.165, 1.54) is 17.2 Å². The summed E-state index contributed by atoms with van der Waals surface area (Å²) in [6.45, 7) is -0.344. The van der Waals surface area contributed by atoms with E-state index in [-0.39, 0.29) is 18.8 Å². The molecule has 4 rings (SSSR count). The van der Waals surface area contributed by atoms with E-state index in [1.54, 1.807) is 31.3 Å². The molecule has 0 aliphatic carbocycles. The molecule has 2 aromatic heterocycles. The van der Waals surface area contributed by atoms with Crippen molar-refractivity contribution in [3.8, 4) is 0 Å². The number of hydrogen-bond acceptors (Lipinski definition) is 9. The van der Waals surface area contributed by atoms with Crippen molar-refractivity contribution in [3.63, 3.8) is 0 Å². The fraction of sp³-hybridized carbons (Fsp3) is 0.333. The molecule has 1 fully saturated rings. The number of aromatic nitrogens is 4. The molecule has 0 spiro atoms. The van der Waals surface area contributed by atoms with E-state index >= 15 is 0 Å². The number of Topliss-reactive ketones (excluding diaryl/α,β-unsaturated/α-hetero) is 1. The van der Waals surface area contributed by atoms with Gasteiger partial charge in [0, 0.05) is 24.7 Å². The SMILES string of the molecule is CNc1ccccc1C(=O)[C@@]1(O)C[C@@H](CO)O[C@H]1n1cnc2c(N)ncnc21. The van der Waals surface area contributed by atoms with Gasteiger partial charge in [0.1, 0.15) is 11.8 Å². The number of carbonyl (C=O) groups is 1. The number of hydrogen-bond donors (Lipinski definition) is 4. The van der Waals surface area contributed by atoms with Gasteiger partial charge in [-0.25, -0.2) is 15.0 Å². The predicted molar refractivity (Wildman–Crippen MR) is 101 cm³/mol. The third kappa shape index (κ3) is 2.70. The minimum atomic E-state index is -1.94. The first kappa shape index (κ1) is 18.3. The summed E-state index contributed by atoms with van der Waals surface area (Å²) in [7, 11) is 1.69. The summed E-state index contributed by atoms with van der Waals surface area (Å²) in [5.74, 6) is -0.349. The number of nitrogens with one attached hydrogen (secondary N) is 1. The van der Waals surface area contributed by atoms with E-state index in [9.17, 15) is 15.0 Å². The molecule has 28 heavy (non-hydrogen) atoms. The van der Waals surface area contributed by atoms with Gasteiger partial charge in [0.25, 0.3) is 0 Å². The lowest BCUT2D eigenvalue weighted by molar-refractivity contribution is -0.0772. The highest BCUT2D eigenvalue weighted by Gasteiger charge is 2.54. The molecule has 10 heteroatoms. The van der Waals surface area contributed by atoms with Gasteiger partial charge in [-0.1, -0.05) is 12.1 Å². The third-order valence-electron chi connectivity index (χ3n) is 4.95. The second kappa shape index (κ2) is 6.82. The van der Waals surface area contributed by atoms with Crippen molar-refractivity contribution in [1.29, 1.82) is 0 Å². The van der Waals surface area contributed by atoms with Crippen molar-refractivity contribution >= 4 is 28.5 Å². The maximum Gasteiger partial charge on any atom is 0.201 e. The second-order valence-corrected chi connectivity index (χ2v) is 6.63. The van der Waals surface area contributed by atoms with Crippen molar-refractivity contribution in [1.82, 2.24) is 19.5 Å². The summed E-state index contributed by atoms with van der Waals surface area (Å²) < 4.78 is 7.26. The van der Waals surface area contributed by atoms with Crippen LogP contribution in [0.2, 0.25) is 0 Å². The van der Waals surface area contributed by atoms with Gasteiger partial charge >= 0.3 is 0 Å². The lowest BCUT2D eigenvalue weighted by Crippen LogP contribution is -2.44. The summed E-state index contributed by atoms with van der Waals surface area (Å²) in [5.41, 5.74) is 5.45. The molecule has 10 nitrogen and oxygen atoms in total. The first-order valence-corrected chi connectivity index (χ1v) is 8.73. The molecule has 3 heterocycles. The van der Waals surface area contributed by atoms with Crippen LogP contribution >= 0.6 is 0 Å². The summed E-state index contributed by atoms with van der Waals surface area (Å²) in [6, 6.07) is 6.87. The number of fused-ring (bicyclic) bond motifs is 1. The average molecular weight is 384 g/mol. The van der Waals surface area contributed by atoms with Crippen LogP contribution in [0, 0.1) is 0 Å². The smallest absolute Gasteiger partial charge is 0.201 e. The first-order chi connectivity index (χ1) is 13.5. The van der Waals surface area contributed by atoms with E-state index in [4.69, 9.17) is 10.5 Å². The summed E-state index contributed by atoms with van der Waals surface area (Å²) in [6.07, 6.45) is 0.720. The fourth-order valence-corrected chi connectivity index (χ4v) is 3.57. The zero-order chi connectivity index (χ0) is 19.9. The summed E-state index contributed by atoms with van der Waals surface area (Å²) in [5, 5.41) is 24.0. The average Bonchev–Trinajstić information content (AvgIpc) is 3.29. The monoisotopic (exact) mass is 384 g/mol. The quantitative estimate of drug-likeness (QED) is 0.457. The van der Waals surface area contributed by atoms with Gasteiger partial charge in [0.05, 0.1) is 19.0 Å². The Morgan fingerprint density at radius 2 is 2.18 bits per heavy atom. The number of ether oxygens (including phenoxy) is 1. The van der Waals surface area contributed by atoms with Crippen molar-refractivity contribution in [2.24, 2.45) is 0 Å². The molecule has 0 saturated carbocycles. The van der Waals surface area contributed by atoms with Crippen molar-refractivity contribution < 1.29 is 19.7 Å². The number of aliphatic hydroxyl groups excluding tert-OH is 1. The molecule has 0 unspecified atom stereocenters. The van der Waals surface area contributed by atoms with Crippen LogP contribution in [0.4, 0.5) is 11.5 Å². The fourth-order valence-electron chi connectivity index (χ4n) is 3.57. The van der Waals surface area contributed by atoms with Gasteiger partial charge in [-0.15, -0.1) is 0 Å². The minimum absolute atomic E-state index is 0.0781. The number of anilines is 2. The van der Waals surface area contributed by atoms with Crippen LogP contribution in [0.1, 0.15) is 23.0 Å². The standard InChI is InChI=1S/C18H20N6O4/c1-20-12-5-3-2-4-11(12)14(26)18(27)6-10(7-25)28-17(18)24-9-23-13-15(19)21-8-22-16(13)24/h2-5,8-10,17,20,25,27H,6-7H2,1H3,(H2,19,21,22)/t10-,17+,18-/m0/s1. The Kier molecular flexibility index (Phi) is 4.46. The van der Waals surface area contributed by atoms with Crippen LogP contribution in [0.3, 0.4) is 0 Å². The van der Waals surface area contributed by atoms with Gasteiger partial charge in [0.15, 0.2) is 23.3 Å². The highest BCUT2D eigenvalue weighted by molar-refractivity contribution is 6.07. The van der Waals surface area contributed by atoms with Gasteiger partial charge < -0.3 is 26.0 Å². The molecule has 3 atom stereocenters. The van der Waals surface area contributed by atoms with Gasteiger partial charge in [0.2, 0.25) is 5.78 Å². The maximum absolute atomic E-state index is 13.4. The lowest BCUT2D eigenvalue weighted by Gasteiger charge is -2.28. The van der Waals surface area contributed by atoms with Crippen molar-refractivity contribution in [2.75, 3.05) is 24.7 Å². The van der Waals surface area contributed by atoms with E-state index in [0.29, 0.717) is 22.4 Å². The molecule has 5 N–H and O–H groups in total. The zero-order valence-electron chi connectivity index (χ0n) is 15.1. The molecule has 0 bridgehead atoms. The predicted octanol–water partition coefficient (Wildman–Crippen LogP) is 0.344. The third-order valence-corrected chi connectivity index (χ3v) is 4.95. The number of imidazole rings is 1. The Labute approximate surface area is 160 Å².